The summed E-state index contributed by atoms with van der Waals surface area (Å²) in [5.41, 5.74) is 3.64. The molecule has 0 heterocycles. The maximum atomic E-state index is 11.9. The number of amides is 2. The number of anilines is 1. The summed E-state index contributed by atoms with van der Waals surface area (Å²) in [5, 5.41) is 7.55. The van der Waals surface area contributed by atoms with Crippen LogP contribution in [0.15, 0.2) is 41.5 Å². The van der Waals surface area contributed by atoms with Gasteiger partial charge in [-0.05, 0) is 62.7 Å². The van der Waals surface area contributed by atoms with Crippen LogP contribution in [0.5, 0.6) is 11.5 Å². The van der Waals surface area contributed by atoms with Crippen LogP contribution in [-0.2, 0) is 0 Å². The third-order valence-electron chi connectivity index (χ3n) is 3.17. The number of nitrogens with zero attached hydrogens (tertiary/aromatic N) is 1. The molecule has 0 spiro atoms. The van der Waals surface area contributed by atoms with E-state index in [2.05, 4.69) is 15.8 Å². The van der Waals surface area contributed by atoms with E-state index in [1.54, 1.807) is 36.4 Å². The van der Waals surface area contributed by atoms with Gasteiger partial charge in [0.25, 0.3) is 0 Å². The van der Waals surface area contributed by atoms with Gasteiger partial charge >= 0.3 is 6.03 Å². The number of benzene rings is 2. The van der Waals surface area contributed by atoms with E-state index in [9.17, 15) is 4.79 Å². The first-order valence-corrected chi connectivity index (χ1v) is 9.13. The Kier molecular flexibility index (Phi) is 7.76. The van der Waals surface area contributed by atoms with Crippen LogP contribution in [0.3, 0.4) is 0 Å². The molecule has 0 aliphatic heterocycles. The summed E-state index contributed by atoms with van der Waals surface area (Å²) in [6.07, 6.45) is 1.43. The first-order chi connectivity index (χ1) is 12.9. The van der Waals surface area contributed by atoms with Crippen LogP contribution < -0.4 is 20.2 Å². The summed E-state index contributed by atoms with van der Waals surface area (Å²) in [4.78, 5) is 11.9. The molecule has 0 aliphatic rings. The molecule has 2 aromatic rings. The molecule has 0 fully saturated rings. The molecule has 2 N–H and O–H groups in total. The van der Waals surface area contributed by atoms with Crippen LogP contribution in [0, 0.1) is 0 Å². The highest BCUT2D eigenvalue weighted by Gasteiger charge is 2.13. The molecule has 0 saturated carbocycles. The van der Waals surface area contributed by atoms with Crippen molar-refractivity contribution in [2.24, 2.45) is 5.10 Å². The Labute approximate surface area is 168 Å². The molecule has 0 radical (unpaired) electrons. The summed E-state index contributed by atoms with van der Waals surface area (Å²) in [5.74, 6) is 1.00. The Hall–Kier alpha value is -2.44. The first-order valence-electron chi connectivity index (χ1n) is 8.37. The van der Waals surface area contributed by atoms with E-state index in [1.807, 2.05) is 20.8 Å². The Morgan fingerprint density at radius 2 is 1.93 bits per heavy atom. The van der Waals surface area contributed by atoms with Crippen molar-refractivity contribution in [1.29, 1.82) is 0 Å². The fourth-order valence-electron chi connectivity index (χ4n) is 2.13. The third kappa shape index (κ3) is 6.66. The zero-order chi connectivity index (χ0) is 19.8. The Balaban J connectivity index is 2.04. The highest BCUT2D eigenvalue weighted by molar-refractivity contribution is 6.32. The standard InChI is InChI=1S/C19H21Cl2N3O3/c1-4-26-17-10-13(9-16(21)18(17)27-12(2)3)11-22-24-19(25)23-15-7-5-14(20)6-8-15/h5-12H,4H2,1-3H3,(H2,23,24,25)/b22-11-. The van der Waals surface area contributed by atoms with E-state index in [4.69, 9.17) is 32.7 Å². The zero-order valence-electron chi connectivity index (χ0n) is 15.3. The molecule has 2 aromatic carbocycles. The maximum absolute atomic E-state index is 11.9. The highest BCUT2D eigenvalue weighted by Crippen LogP contribution is 2.37. The van der Waals surface area contributed by atoms with Gasteiger partial charge in [0.15, 0.2) is 11.5 Å². The van der Waals surface area contributed by atoms with Crippen LogP contribution in [0.2, 0.25) is 10.0 Å². The van der Waals surface area contributed by atoms with E-state index < -0.39 is 6.03 Å². The van der Waals surface area contributed by atoms with Crippen molar-refractivity contribution < 1.29 is 14.3 Å². The topological polar surface area (TPSA) is 72.0 Å². The van der Waals surface area contributed by atoms with Crippen molar-refractivity contribution in [3.05, 3.63) is 52.0 Å². The molecule has 0 bridgehead atoms. The average Bonchev–Trinajstić information content (AvgIpc) is 2.60. The van der Waals surface area contributed by atoms with Gasteiger partial charge in [0.1, 0.15) is 0 Å². The molecule has 144 valence electrons. The second kappa shape index (κ2) is 10.0. The van der Waals surface area contributed by atoms with Crippen molar-refractivity contribution in [2.45, 2.75) is 26.9 Å². The second-order valence-electron chi connectivity index (χ2n) is 5.76. The number of rotatable bonds is 7. The predicted molar refractivity (Wildman–Crippen MR) is 110 cm³/mol. The average molecular weight is 410 g/mol. The number of hydrogen-bond acceptors (Lipinski definition) is 4. The van der Waals surface area contributed by atoms with Crippen LogP contribution in [0.25, 0.3) is 0 Å². The molecule has 0 aliphatic carbocycles. The first kappa shape index (κ1) is 20.9. The second-order valence-corrected chi connectivity index (χ2v) is 6.60. The largest absolute Gasteiger partial charge is 0.490 e. The predicted octanol–water partition coefficient (Wildman–Crippen LogP) is 5.33. The number of halogens is 2. The minimum Gasteiger partial charge on any atom is -0.490 e. The summed E-state index contributed by atoms with van der Waals surface area (Å²) in [6, 6.07) is 9.68. The molecule has 2 rings (SSSR count). The smallest absolute Gasteiger partial charge is 0.339 e. The molecule has 2 amide bonds. The zero-order valence-corrected chi connectivity index (χ0v) is 16.8. The van der Waals surface area contributed by atoms with E-state index in [1.165, 1.54) is 6.21 Å². The number of hydrogen-bond donors (Lipinski definition) is 2. The van der Waals surface area contributed by atoms with Crippen molar-refractivity contribution in [1.82, 2.24) is 5.43 Å². The molecule has 6 nitrogen and oxygen atoms in total. The third-order valence-corrected chi connectivity index (χ3v) is 3.70. The Bertz CT molecular complexity index is 809. The lowest BCUT2D eigenvalue weighted by Gasteiger charge is -2.16. The van der Waals surface area contributed by atoms with Gasteiger partial charge in [0.2, 0.25) is 0 Å². The highest BCUT2D eigenvalue weighted by atomic mass is 35.5. The van der Waals surface area contributed by atoms with Gasteiger partial charge in [0, 0.05) is 10.7 Å². The molecule has 0 saturated heterocycles. The number of carbonyl (C=O) groups excluding carboxylic acids is 1. The lowest BCUT2D eigenvalue weighted by Crippen LogP contribution is -2.24. The fraction of sp³-hybridized carbons (Fsp3) is 0.263. The van der Waals surface area contributed by atoms with Gasteiger partial charge in [-0.1, -0.05) is 23.2 Å². The SMILES string of the molecule is CCOc1cc(/C=N\NC(=O)Nc2ccc(Cl)cc2)cc(Cl)c1OC(C)C. The molecular weight excluding hydrogens is 389 g/mol. The quantitative estimate of drug-likeness (QED) is 0.479. The lowest BCUT2D eigenvalue weighted by atomic mass is 10.2. The molecule has 8 heteroatoms. The Morgan fingerprint density at radius 1 is 1.22 bits per heavy atom. The lowest BCUT2D eigenvalue weighted by molar-refractivity contribution is 0.224. The normalized spacial score (nSPS) is 10.9. The number of hydrazone groups is 1. The molecule has 0 atom stereocenters. The Morgan fingerprint density at radius 3 is 2.56 bits per heavy atom. The van der Waals surface area contributed by atoms with E-state index in [0.29, 0.717) is 39.4 Å². The van der Waals surface area contributed by atoms with Crippen molar-refractivity contribution in [2.75, 3.05) is 11.9 Å². The van der Waals surface area contributed by atoms with Crippen LogP contribution in [-0.4, -0.2) is 25.0 Å². The van der Waals surface area contributed by atoms with E-state index in [0.717, 1.165) is 0 Å². The monoisotopic (exact) mass is 409 g/mol. The maximum Gasteiger partial charge on any atom is 0.339 e. The van der Waals surface area contributed by atoms with Crippen LogP contribution in [0.4, 0.5) is 10.5 Å². The summed E-state index contributed by atoms with van der Waals surface area (Å²) < 4.78 is 11.3. The number of ether oxygens (including phenoxy) is 2. The number of carbonyl (C=O) groups is 1. The summed E-state index contributed by atoms with van der Waals surface area (Å²) >= 11 is 12.1. The van der Waals surface area contributed by atoms with Crippen molar-refractivity contribution >= 4 is 41.1 Å². The van der Waals surface area contributed by atoms with Crippen molar-refractivity contribution in [3.63, 3.8) is 0 Å². The number of nitrogens with one attached hydrogen (secondary N) is 2. The molecular formula is C19H21Cl2N3O3. The van der Waals surface area contributed by atoms with Gasteiger partial charge < -0.3 is 14.8 Å². The van der Waals surface area contributed by atoms with E-state index in [-0.39, 0.29) is 6.10 Å². The van der Waals surface area contributed by atoms with Gasteiger partial charge in [-0.15, -0.1) is 0 Å². The summed E-state index contributed by atoms with van der Waals surface area (Å²) in [7, 11) is 0. The molecule has 0 aromatic heterocycles. The van der Waals surface area contributed by atoms with Crippen LogP contribution >= 0.6 is 23.2 Å². The minimum atomic E-state index is -0.482. The van der Waals surface area contributed by atoms with Gasteiger partial charge in [-0.3, -0.25) is 0 Å². The molecule has 0 unspecified atom stereocenters. The van der Waals surface area contributed by atoms with Crippen LogP contribution in [0.1, 0.15) is 26.3 Å². The summed E-state index contributed by atoms with van der Waals surface area (Å²) in [6.45, 7) is 6.15. The fourth-order valence-corrected chi connectivity index (χ4v) is 2.52. The van der Waals surface area contributed by atoms with Crippen molar-refractivity contribution in [3.8, 4) is 11.5 Å². The van der Waals surface area contributed by atoms with Gasteiger partial charge in [-0.2, -0.15) is 5.10 Å². The number of urea groups is 1. The molecule has 27 heavy (non-hydrogen) atoms. The van der Waals surface area contributed by atoms with Gasteiger partial charge in [-0.25, -0.2) is 10.2 Å². The van der Waals surface area contributed by atoms with E-state index >= 15 is 0 Å². The van der Waals surface area contributed by atoms with Gasteiger partial charge in [0.05, 0.1) is 23.9 Å². The minimum absolute atomic E-state index is 0.0422.